The first-order chi connectivity index (χ1) is 27.7. The van der Waals surface area contributed by atoms with Crippen LogP contribution in [0, 0.1) is 0 Å². The Bertz CT molecular complexity index is 2140. The molecule has 0 bridgehead atoms. The fraction of sp³-hybridized carbons (Fsp3) is 0.386. The molecule has 0 radical (unpaired) electrons. The van der Waals surface area contributed by atoms with E-state index in [1.54, 1.807) is 26.2 Å². The Balaban J connectivity index is 0.861. The molecule has 4 N–H and O–H groups in total. The monoisotopic (exact) mass is 774 g/mol. The normalized spacial score (nSPS) is 15.6. The Morgan fingerprint density at radius 3 is 2.32 bits per heavy atom. The number of pyridine rings is 1. The predicted octanol–water partition coefficient (Wildman–Crippen LogP) is 6.38. The molecule has 6 rings (SSSR count). The van der Waals surface area contributed by atoms with Crippen LogP contribution in [0.15, 0.2) is 72.9 Å². The van der Waals surface area contributed by atoms with E-state index in [1.807, 2.05) is 36.4 Å². The zero-order valence-electron chi connectivity index (χ0n) is 32.5. The molecule has 57 heavy (non-hydrogen) atoms. The van der Waals surface area contributed by atoms with Gasteiger partial charge in [-0.1, -0.05) is 75.3 Å². The third kappa shape index (κ3) is 9.83. The minimum absolute atomic E-state index is 0.0131. The number of aromatic nitrogens is 1. The number of nitrogens with one attached hydrogen (secondary N) is 4. The van der Waals surface area contributed by atoms with Gasteiger partial charge in [-0.05, 0) is 74.6 Å². The number of benzene rings is 3. The molecule has 1 fully saturated rings. The second-order valence-electron chi connectivity index (χ2n) is 14.6. The quantitative estimate of drug-likeness (QED) is 0.0623. The summed E-state index contributed by atoms with van der Waals surface area (Å²) in [5.41, 5.74) is 4.33. The molecule has 1 aromatic heterocycles. The average Bonchev–Trinajstić information content (AvgIpc) is 3.47. The molecule has 3 aromatic carbocycles. The van der Waals surface area contributed by atoms with E-state index in [0.717, 1.165) is 72.1 Å². The summed E-state index contributed by atoms with van der Waals surface area (Å²) < 4.78 is 5.87. The lowest BCUT2D eigenvalue weighted by molar-refractivity contribution is -0.136. The number of amides is 6. The Kier molecular flexibility index (Phi) is 13.6. The number of carbonyl (C=O) groups is 6. The Morgan fingerprint density at radius 2 is 1.60 bits per heavy atom. The highest BCUT2D eigenvalue weighted by molar-refractivity contribution is 6.24. The maximum Gasteiger partial charge on any atom is 0.266 e. The van der Waals surface area contributed by atoms with Crippen LogP contribution in [-0.4, -0.2) is 71.1 Å². The second kappa shape index (κ2) is 19.2. The fourth-order valence-corrected chi connectivity index (χ4v) is 7.38. The van der Waals surface area contributed by atoms with Crippen LogP contribution < -0.4 is 26.0 Å². The number of unbranched alkanes of at least 4 members (excludes halogenated alkanes) is 8. The average molecular weight is 775 g/mol. The van der Waals surface area contributed by atoms with Crippen LogP contribution >= 0.6 is 0 Å². The zero-order valence-corrected chi connectivity index (χ0v) is 32.5. The SMILES string of the molecule is CNC(=O)c1cnc2ccc(CCCCCCCCCCCNC(=O)C(C)Oc3cccc4c3C(=O)N(C3CCC(=O)NC3=O)C4=O)cc2c1Nc1ccccc1. The van der Waals surface area contributed by atoms with Crippen LogP contribution in [-0.2, 0) is 20.8 Å². The number of nitrogens with zero attached hydrogens (tertiary/aromatic N) is 2. The first kappa shape index (κ1) is 40.6. The molecule has 298 valence electrons. The van der Waals surface area contributed by atoms with Crippen molar-refractivity contribution in [2.45, 2.75) is 96.1 Å². The Morgan fingerprint density at radius 1 is 0.877 bits per heavy atom. The minimum Gasteiger partial charge on any atom is -0.480 e. The van der Waals surface area contributed by atoms with Crippen molar-refractivity contribution in [3.63, 3.8) is 0 Å². The van der Waals surface area contributed by atoms with E-state index in [4.69, 9.17) is 4.74 Å². The summed E-state index contributed by atoms with van der Waals surface area (Å²) in [6.45, 7) is 2.08. The number of piperidine rings is 1. The van der Waals surface area contributed by atoms with Gasteiger partial charge in [0.1, 0.15) is 11.8 Å². The van der Waals surface area contributed by atoms with Crippen LogP contribution in [0.4, 0.5) is 11.4 Å². The number of anilines is 2. The van der Waals surface area contributed by atoms with Crippen LogP contribution in [0.1, 0.15) is 114 Å². The first-order valence-electron chi connectivity index (χ1n) is 19.9. The molecule has 6 amide bonds. The summed E-state index contributed by atoms with van der Waals surface area (Å²) in [6.07, 6.45) is 11.5. The van der Waals surface area contributed by atoms with Crippen LogP contribution in [0.5, 0.6) is 5.75 Å². The van der Waals surface area contributed by atoms with Gasteiger partial charge in [0.05, 0.1) is 27.9 Å². The lowest BCUT2D eigenvalue weighted by atomic mass is 10.0. The highest BCUT2D eigenvalue weighted by Crippen LogP contribution is 2.34. The summed E-state index contributed by atoms with van der Waals surface area (Å²) in [7, 11) is 1.62. The third-order valence-electron chi connectivity index (χ3n) is 10.5. The van der Waals surface area contributed by atoms with Crippen molar-refractivity contribution >= 4 is 57.7 Å². The summed E-state index contributed by atoms with van der Waals surface area (Å²) >= 11 is 0. The molecule has 2 unspecified atom stereocenters. The maximum atomic E-state index is 13.3. The van der Waals surface area contributed by atoms with Crippen molar-refractivity contribution in [2.24, 2.45) is 0 Å². The van der Waals surface area contributed by atoms with Crippen molar-refractivity contribution < 1.29 is 33.5 Å². The van der Waals surface area contributed by atoms with Crippen molar-refractivity contribution in [2.75, 3.05) is 18.9 Å². The van der Waals surface area contributed by atoms with Crippen molar-refractivity contribution in [1.29, 1.82) is 0 Å². The summed E-state index contributed by atoms with van der Waals surface area (Å²) in [5, 5.41) is 12.2. The highest BCUT2D eigenvalue weighted by atomic mass is 16.5. The predicted molar refractivity (Wildman–Crippen MR) is 216 cm³/mol. The summed E-state index contributed by atoms with van der Waals surface area (Å²) in [4.78, 5) is 81.3. The van der Waals surface area contributed by atoms with E-state index in [9.17, 15) is 28.8 Å². The van der Waals surface area contributed by atoms with Gasteiger partial charge < -0.3 is 20.7 Å². The molecule has 0 spiro atoms. The van der Waals surface area contributed by atoms with Crippen LogP contribution in [0.2, 0.25) is 0 Å². The van der Waals surface area contributed by atoms with Gasteiger partial charge in [-0.25, -0.2) is 0 Å². The third-order valence-corrected chi connectivity index (χ3v) is 10.5. The molecule has 13 heteroatoms. The Labute approximate surface area is 332 Å². The van der Waals surface area contributed by atoms with Gasteiger partial charge >= 0.3 is 0 Å². The number of rotatable bonds is 19. The number of fused-ring (bicyclic) bond motifs is 2. The maximum absolute atomic E-state index is 13.3. The van der Waals surface area contributed by atoms with Gasteiger partial charge in [0, 0.05) is 37.3 Å². The number of aryl methyl sites for hydroxylation is 1. The van der Waals surface area contributed by atoms with E-state index in [2.05, 4.69) is 38.4 Å². The van der Waals surface area contributed by atoms with Crippen molar-refractivity contribution in [3.8, 4) is 5.75 Å². The molecular weight excluding hydrogens is 725 g/mol. The topological polar surface area (TPSA) is 176 Å². The number of carbonyl (C=O) groups excluding carboxylic acids is 6. The molecule has 1 saturated heterocycles. The van der Waals surface area contributed by atoms with E-state index >= 15 is 0 Å². The molecule has 2 aliphatic rings. The van der Waals surface area contributed by atoms with E-state index in [0.29, 0.717) is 12.1 Å². The van der Waals surface area contributed by atoms with Gasteiger partial charge in [-0.15, -0.1) is 0 Å². The lowest BCUT2D eigenvalue weighted by Gasteiger charge is -2.27. The number of imide groups is 2. The number of ether oxygens (including phenoxy) is 1. The van der Waals surface area contributed by atoms with Gasteiger partial charge in [0.15, 0.2) is 6.10 Å². The van der Waals surface area contributed by atoms with Crippen molar-refractivity contribution in [1.82, 2.24) is 25.8 Å². The van der Waals surface area contributed by atoms with Gasteiger partial charge in [0.2, 0.25) is 11.8 Å². The van der Waals surface area contributed by atoms with Crippen LogP contribution in [0.25, 0.3) is 10.9 Å². The number of hydrogen-bond donors (Lipinski definition) is 4. The minimum atomic E-state index is -1.08. The molecule has 3 heterocycles. The highest BCUT2D eigenvalue weighted by Gasteiger charge is 2.46. The summed E-state index contributed by atoms with van der Waals surface area (Å²) in [5.74, 6) is -2.87. The molecule has 0 saturated carbocycles. The molecular formula is C44H50N6O7. The van der Waals surface area contributed by atoms with Gasteiger partial charge in [-0.2, -0.15) is 0 Å². The molecule has 2 aliphatic heterocycles. The smallest absolute Gasteiger partial charge is 0.266 e. The molecule has 13 nitrogen and oxygen atoms in total. The first-order valence-corrected chi connectivity index (χ1v) is 19.9. The Hall–Kier alpha value is -6.11. The second-order valence-corrected chi connectivity index (χ2v) is 14.6. The van der Waals surface area contributed by atoms with E-state index < -0.39 is 35.8 Å². The lowest BCUT2D eigenvalue weighted by Crippen LogP contribution is -2.54. The molecule has 4 aromatic rings. The standard InChI is InChI=1S/C44H50N6O7/c1-28(57-36-20-15-19-31-38(36)44(56)50(43(31)55)35-23-24-37(51)49-42(35)54)40(52)46-25-14-9-7-5-3-4-6-8-11-16-29-21-22-34-32(26-29)39(33(27-47-34)41(53)45-2)48-30-17-12-10-13-18-30/h10,12-13,15,17-22,26-28,35H,3-9,11,14,16,23-25H2,1-2H3,(H,45,53)(H,46,52)(H,47,48)(H,49,51,54). The summed E-state index contributed by atoms with van der Waals surface area (Å²) in [6, 6.07) is 19.6. The number of hydrogen-bond acceptors (Lipinski definition) is 9. The van der Waals surface area contributed by atoms with Gasteiger partial charge in [-0.3, -0.25) is 44.0 Å². The molecule has 0 aliphatic carbocycles. The largest absolute Gasteiger partial charge is 0.480 e. The zero-order chi connectivity index (χ0) is 40.3. The van der Waals surface area contributed by atoms with Crippen LogP contribution in [0.3, 0.4) is 0 Å². The van der Waals surface area contributed by atoms with Crippen molar-refractivity contribution in [3.05, 3.63) is 95.2 Å². The number of para-hydroxylation sites is 1. The van der Waals surface area contributed by atoms with E-state index in [1.165, 1.54) is 37.0 Å². The fourth-order valence-electron chi connectivity index (χ4n) is 7.38. The van der Waals surface area contributed by atoms with E-state index in [-0.39, 0.29) is 41.5 Å². The molecule has 2 atom stereocenters. The van der Waals surface area contributed by atoms with Gasteiger partial charge in [0.25, 0.3) is 23.6 Å².